The molecule has 2 atom stereocenters. The number of aromatic nitrogens is 3. The number of ether oxygens (including phenoxy) is 1. The van der Waals surface area contributed by atoms with Gasteiger partial charge in [0.15, 0.2) is 5.82 Å². The van der Waals surface area contributed by atoms with Crippen molar-refractivity contribution in [2.24, 2.45) is 5.92 Å². The molecule has 2 aromatic rings. The van der Waals surface area contributed by atoms with E-state index in [0.717, 1.165) is 50.5 Å². The van der Waals surface area contributed by atoms with Gasteiger partial charge in [0, 0.05) is 38.1 Å². The summed E-state index contributed by atoms with van der Waals surface area (Å²) in [4.78, 5) is 19.9. The third kappa shape index (κ3) is 4.59. The van der Waals surface area contributed by atoms with Crippen molar-refractivity contribution >= 4 is 5.91 Å². The van der Waals surface area contributed by atoms with E-state index in [4.69, 9.17) is 4.74 Å². The Morgan fingerprint density at radius 1 is 1.25 bits per heavy atom. The second kappa shape index (κ2) is 8.84. The molecule has 2 aliphatic heterocycles. The number of carbonyl (C=O) groups is 1. The van der Waals surface area contributed by atoms with E-state index in [9.17, 15) is 4.79 Å². The van der Waals surface area contributed by atoms with E-state index >= 15 is 0 Å². The number of H-pyrrole nitrogens is 1. The highest BCUT2D eigenvalue weighted by atomic mass is 16.5. The van der Waals surface area contributed by atoms with Crippen LogP contribution in [0.3, 0.4) is 0 Å². The van der Waals surface area contributed by atoms with Crippen LogP contribution in [0.4, 0.5) is 0 Å². The zero-order valence-corrected chi connectivity index (χ0v) is 16.4. The lowest BCUT2D eigenvalue weighted by Gasteiger charge is -2.38. The second-order valence-corrected chi connectivity index (χ2v) is 7.90. The number of aryl methyl sites for hydroxylation is 1. The summed E-state index contributed by atoms with van der Waals surface area (Å²) in [5.74, 6) is 1.96. The third-order valence-corrected chi connectivity index (χ3v) is 5.81. The number of aromatic amines is 1. The molecular formula is C21H29N5O2. The molecule has 0 unspecified atom stereocenters. The Bertz CT molecular complexity index is 772. The van der Waals surface area contributed by atoms with Crippen molar-refractivity contribution in [3.63, 3.8) is 0 Å². The van der Waals surface area contributed by atoms with E-state index in [1.54, 1.807) is 0 Å². The third-order valence-electron chi connectivity index (χ3n) is 5.81. The maximum absolute atomic E-state index is 12.9. The fraction of sp³-hybridized carbons (Fsp3) is 0.571. The van der Waals surface area contributed by atoms with Gasteiger partial charge in [0.2, 0.25) is 5.91 Å². The first kappa shape index (κ1) is 19.1. The standard InChI is InChI=1S/C21H29N5O2/c1-15-22-20(25-24-15)18-7-10-26(13-16-5-3-2-4-6-16)14-19(18)23-21(27)17-8-11-28-12-9-17/h2-6,17-19H,7-14H2,1H3,(H,23,27)(H,22,24,25)/t18-,19+/m0/s1. The Labute approximate surface area is 165 Å². The summed E-state index contributed by atoms with van der Waals surface area (Å²) in [5.41, 5.74) is 1.30. The van der Waals surface area contributed by atoms with Crippen LogP contribution in [0.15, 0.2) is 30.3 Å². The zero-order chi connectivity index (χ0) is 19.3. The number of carbonyl (C=O) groups excluding carboxylic acids is 1. The molecule has 0 radical (unpaired) electrons. The molecule has 2 N–H and O–H groups in total. The van der Waals surface area contributed by atoms with E-state index in [0.29, 0.717) is 13.2 Å². The zero-order valence-electron chi connectivity index (χ0n) is 16.4. The molecule has 0 saturated carbocycles. The molecule has 7 heteroatoms. The van der Waals surface area contributed by atoms with Crippen molar-refractivity contribution in [3.05, 3.63) is 47.5 Å². The fourth-order valence-electron chi connectivity index (χ4n) is 4.25. The molecule has 0 bridgehead atoms. The normalized spacial score (nSPS) is 24.2. The van der Waals surface area contributed by atoms with Crippen LogP contribution in [-0.2, 0) is 16.1 Å². The highest BCUT2D eigenvalue weighted by molar-refractivity contribution is 5.79. The fourth-order valence-corrected chi connectivity index (χ4v) is 4.25. The van der Waals surface area contributed by atoms with Gasteiger partial charge in [-0.15, -0.1) is 0 Å². The van der Waals surface area contributed by atoms with E-state index < -0.39 is 0 Å². The molecule has 150 valence electrons. The summed E-state index contributed by atoms with van der Waals surface area (Å²) < 4.78 is 5.40. The second-order valence-electron chi connectivity index (χ2n) is 7.90. The molecule has 28 heavy (non-hydrogen) atoms. The molecule has 2 saturated heterocycles. The molecule has 4 rings (SSSR count). The smallest absolute Gasteiger partial charge is 0.223 e. The first-order chi connectivity index (χ1) is 13.7. The molecule has 7 nitrogen and oxygen atoms in total. The van der Waals surface area contributed by atoms with Crippen molar-refractivity contribution < 1.29 is 9.53 Å². The van der Waals surface area contributed by atoms with E-state index in [2.05, 4.69) is 49.7 Å². The predicted octanol–water partition coefficient (Wildman–Crippen LogP) is 2.01. The summed E-state index contributed by atoms with van der Waals surface area (Å²) in [6.07, 6.45) is 2.54. The first-order valence-electron chi connectivity index (χ1n) is 10.2. The molecule has 3 heterocycles. The van der Waals surface area contributed by atoms with Crippen LogP contribution >= 0.6 is 0 Å². The van der Waals surface area contributed by atoms with Gasteiger partial charge >= 0.3 is 0 Å². The van der Waals surface area contributed by atoms with Gasteiger partial charge in [0.25, 0.3) is 0 Å². The number of benzene rings is 1. The van der Waals surface area contributed by atoms with Gasteiger partial charge in [-0.25, -0.2) is 4.98 Å². The Morgan fingerprint density at radius 3 is 2.75 bits per heavy atom. The van der Waals surface area contributed by atoms with E-state index in [-0.39, 0.29) is 23.8 Å². The molecule has 0 spiro atoms. The number of rotatable bonds is 5. The van der Waals surface area contributed by atoms with Gasteiger partial charge in [-0.1, -0.05) is 30.3 Å². The summed E-state index contributed by atoms with van der Waals surface area (Å²) in [6.45, 7) is 5.93. The highest BCUT2D eigenvalue weighted by Gasteiger charge is 2.35. The van der Waals surface area contributed by atoms with Crippen LogP contribution < -0.4 is 5.32 Å². The summed E-state index contributed by atoms with van der Waals surface area (Å²) >= 11 is 0. The Hall–Kier alpha value is -2.25. The number of hydrogen-bond donors (Lipinski definition) is 2. The van der Waals surface area contributed by atoms with E-state index in [1.165, 1.54) is 5.56 Å². The van der Waals surface area contributed by atoms with Crippen molar-refractivity contribution in [2.45, 2.75) is 44.7 Å². The van der Waals surface area contributed by atoms with Gasteiger partial charge < -0.3 is 10.1 Å². The summed E-state index contributed by atoms with van der Waals surface area (Å²) in [6, 6.07) is 10.5. The molecular weight excluding hydrogens is 354 g/mol. The quantitative estimate of drug-likeness (QED) is 0.825. The average Bonchev–Trinajstić information content (AvgIpc) is 3.16. The number of piperidine rings is 1. The minimum Gasteiger partial charge on any atom is -0.381 e. The number of likely N-dealkylation sites (tertiary alicyclic amines) is 1. The predicted molar refractivity (Wildman–Crippen MR) is 106 cm³/mol. The SMILES string of the molecule is Cc1nc([C@H]2CCN(Cc3ccccc3)C[C@H]2NC(=O)C2CCOCC2)n[nH]1. The van der Waals surface area contributed by atoms with Crippen LogP contribution in [0.5, 0.6) is 0 Å². The van der Waals surface area contributed by atoms with Crippen molar-refractivity contribution in [2.75, 3.05) is 26.3 Å². The molecule has 0 aliphatic carbocycles. The number of nitrogens with one attached hydrogen (secondary N) is 2. The van der Waals surface area contributed by atoms with Crippen LogP contribution in [0.25, 0.3) is 0 Å². The number of nitrogens with zero attached hydrogens (tertiary/aromatic N) is 3. The first-order valence-corrected chi connectivity index (χ1v) is 10.2. The topological polar surface area (TPSA) is 83.1 Å². The molecule has 1 amide bonds. The van der Waals surface area contributed by atoms with Crippen molar-refractivity contribution in [1.29, 1.82) is 0 Å². The minimum atomic E-state index is 0.0167. The van der Waals surface area contributed by atoms with Gasteiger partial charge in [-0.2, -0.15) is 5.10 Å². The monoisotopic (exact) mass is 383 g/mol. The van der Waals surface area contributed by atoms with Crippen LogP contribution in [0.2, 0.25) is 0 Å². The maximum Gasteiger partial charge on any atom is 0.223 e. The van der Waals surface area contributed by atoms with E-state index in [1.807, 2.05) is 13.0 Å². The Morgan fingerprint density at radius 2 is 2.04 bits per heavy atom. The average molecular weight is 383 g/mol. The van der Waals surface area contributed by atoms with Gasteiger partial charge in [-0.05, 0) is 38.3 Å². The molecule has 1 aromatic carbocycles. The summed E-state index contributed by atoms with van der Waals surface area (Å²) in [5, 5.41) is 10.7. The Kier molecular flexibility index (Phi) is 6.02. The molecule has 1 aromatic heterocycles. The van der Waals surface area contributed by atoms with Gasteiger partial charge in [0.05, 0.1) is 6.04 Å². The molecule has 2 aliphatic rings. The van der Waals surface area contributed by atoms with Crippen LogP contribution in [0, 0.1) is 12.8 Å². The lowest BCUT2D eigenvalue weighted by molar-refractivity contribution is -0.129. The van der Waals surface area contributed by atoms with Gasteiger partial charge in [-0.3, -0.25) is 14.8 Å². The molecule has 2 fully saturated rings. The van der Waals surface area contributed by atoms with Crippen LogP contribution in [-0.4, -0.2) is 58.3 Å². The maximum atomic E-state index is 12.9. The van der Waals surface area contributed by atoms with Crippen LogP contribution in [0.1, 0.15) is 42.4 Å². The summed E-state index contributed by atoms with van der Waals surface area (Å²) in [7, 11) is 0. The number of hydrogen-bond acceptors (Lipinski definition) is 5. The lowest BCUT2D eigenvalue weighted by atomic mass is 9.89. The van der Waals surface area contributed by atoms with Crippen molar-refractivity contribution in [3.8, 4) is 0 Å². The highest BCUT2D eigenvalue weighted by Crippen LogP contribution is 2.28. The number of amides is 1. The largest absolute Gasteiger partial charge is 0.381 e. The minimum absolute atomic E-state index is 0.0167. The Balaban J connectivity index is 1.46. The van der Waals surface area contributed by atoms with Gasteiger partial charge in [0.1, 0.15) is 5.82 Å². The van der Waals surface area contributed by atoms with Crippen molar-refractivity contribution in [1.82, 2.24) is 25.4 Å². The lowest BCUT2D eigenvalue weighted by Crippen LogP contribution is -2.53.